The zero-order chi connectivity index (χ0) is 17.5. The second-order valence-electron chi connectivity index (χ2n) is 4.85. The highest BCUT2D eigenvalue weighted by Gasteiger charge is 2.08. The van der Waals surface area contributed by atoms with E-state index in [9.17, 15) is 9.59 Å². The first-order valence-corrected chi connectivity index (χ1v) is 6.99. The molecule has 0 aliphatic rings. The molecule has 1 aromatic carbocycles. The molecule has 4 N–H and O–H groups in total. The van der Waals surface area contributed by atoms with E-state index >= 15 is 0 Å². The van der Waals surface area contributed by atoms with Gasteiger partial charge in [0.15, 0.2) is 12.4 Å². The van der Waals surface area contributed by atoms with Crippen LogP contribution in [0.4, 0.5) is 0 Å². The van der Waals surface area contributed by atoms with Crippen molar-refractivity contribution in [3.63, 3.8) is 0 Å². The number of hydrogen-bond acceptors (Lipinski definition) is 6. The van der Waals surface area contributed by atoms with Crippen LogP contribution < -0.4 is 16.2 Å². The number of benzene rings is 1. The van der Waals surface area contributed by atoms with Gasteiger partial charge >= 0.3 is 5.97 Å². The highest BCUT2D eigenvalue weighted by molar-refractivity contribution is 5.97. The van der Waals surface area contributed by atoms with Crippen molar-refractivity contribution < 1.29 is 19.2 Å². The van der Waals surface area contributed by atoms with Gasteiger partial charge in [0.1, 0.15) is 12.3 Å². The van der Waals surface area contributed by atoms with Crippen LogP contribution in [0.15, 0.2) is 41.7 Å². The van der Waals surface area contributed by atoms with Crippen molar-refractivity contribution in [3.05, 3.63) is 47.8 Å². The number of nitrogens with two attached hydrogens (primary N) is 2. The minimum absolute atomic E-state index is 0.0296. The molecule has 0 atom stereocenters. The van der Waals surface area contributed by atoms with Crippen LogP contribution in [0.1, 0.15) is 11.3 Å². The Bertz CT molecular complexity index is 751. The Labute approximate surface area is 137 Å². The monoisotopic (exact) mass is 331 g/mol. The summed E-state index contributed by atoms with van der Waals surface area (Å²) < 4.78 is 6.61. The maximum Gasteiger partial charge on any atom is 0.356 e. The number of ether oxygens (including phenoxy) is 1. The van der Waals surface area contributed by atoms with Crippen molar-refractivity contribution in [1.29, 1.82) is 0 Å². The second-order valence-corrected chi connectivity index (χ2v) is 4.85. The van der Waals surface area contributed by atoms with E-state index in [0.717, 1.165) is 5.69 Å². The lowest BCUT2D eigenvalue weighted by Gasteiger charge is -2.05. The van der Waals surface area contributed by atoms with E-state index in [0.29, 0.717) is 11.3 Å². The third-order valence-corrected chi connectivity index (χ3v) is 2.98. The van der Waals surface area contributed by atoms with Crippen LogP contribution in [-0.2, 0) is 21.0 Å². The maximum atomic E-state index is 11.7. The van der Waals surface area contributed by atoms with Crippen LogP contribution >= 0.6 is 0 Å². The van der Waals surface area contributed by atoms with Gasteiger partial charge in [-0.3, -0.25) is 9.48 Å². The standard InChI is InChI=1S/C15H17N5O4/c1-10-6-7-18-20(10)8-14(22)24-19-15(17)11-2-4-12(5-3-11)23-9-13(16)21/h2-7H,8-9H2,1H3,(H2,16,21)(H2,17,19). The number of carbonyl (C=O) groups excluding carboxylic acids is 2. The third-order valence-electron chi connectivity index (χ3n) is 2.98. The largest absolute Gasteiger partial charge is 0.484 e. The number of amides is 1. The van der Waals surface area contributed by atoms with Gasteiger partial charge in [-0.05, 0) is 37.3 Å². The predicted molar refractivity (Wildman–Crippen MR) is 84.9 cm³/mol. The molecule has 0 unspecified atom stereocenters. The van der Waals surface area contributed by atoms with Crippen LogP contribution in [0.2, 0.25) is 0 Å². The molecule has 2 aromatic rings. The molecule has 0 saturated carbocycles. The van der Waals surface area contributed by atoms with Crippen LogP contribution in [0.3, 0.4) is 0 Å². The zero-order valence-corrected chi connectivity index (χ0v) is 13.0. The van der Waals surface area contributed by atoms with Crippen molar-refractivity contribution >= 4 is 17.7 Å². The molecule has 0 aliphatic carbocycles. The van der Waals surface area contributed by atoms with E-state index in [2.05, 4.69) is 10.3 Å². The number of hydrogen-bond donors (Lipinski definition) is 2. The summed E-state index contributed by atoms with van der Waals surface area (Å²) in [5.74, 6) is -0.677. The molecule has 0 fully saturated rings. The lowest BCUT2D eigenvalue weighted by atomic mass is 10.2. The Kier molecular flexibility index (Phi) is 5.50. The molecule has 0 spiro atoms. The number of nitrogens with zero attached hydrogens (tertiary/aromatic N) is 3. The normalized spacial score (nSPS) is 11.1. The zero-order valence-electron chi connectivity index (χ0n) is 13.0. The second kappa shape index (κ2) is 7.77. The summed E-state index contributed by atoms with van der Waals surface area (Å²) in [5.41, 5.74) is 12.1. The Morgan fingerprint density at radius 2 is 1.92 bits per heavy atom. The van der Waals surface area contributed by atoms with Crippen molar-refractivity contribution in [1.82, 2.24) is 9.78 Å². The van der Waals surface area contributed by atoms with E-state index in [4.69, 9.17) is 21.0 Å². The lowest BCUT2D eigenvalue weighted by molar-refractivity contribution is -0.144. The molecule has 0 aliphatic heterocycles. The molecule has 1 heterocycles. The fourth-order valence-electron chi connectivity index (χ4n) is 1.74. The molecule has 0 radical (unpaired) electrons. The molecule has 24 heavy (non-hydrogen) atoms. The number of rotatable bonds is 7. The quantitative estimate of drug-likeness (QED) is 0.315. The summed E-state index contributed by atoms with van der Waals surface area (Å²) in [7, 11) is 0. The van der Waals surface area contributed by atoms with Crippen molar-refractivity contribution in [2.75, 3.05) is 6.61 Å². The van der Waals surface area contributed by atoms with Gasteiger partial charge in [0.2, 0.25) is 0 Å². The summed E-state index contributed by atoms with van der Waals surface area (Å²) in [4.78, 5) is 27.1. The topological polar surface area (TPSA) is 135 Å². The Morgan fingerprint density at radius 3 is 2.50 bits per heavy atom. The van der Waals surface area contributed by atoms with Gasteiger partial charge in [0.05, 0.1) is 0 Å². The number of oxime groups is 1. The molecular formula is C15H17N5O4. The fourth-order valence-corrected chi connectivity index (χ4v) is 1.74. The molecule has 1 aromatic heterocycles. The summed E-state index contributed by atoms with van der Waals surface area (Å²) in [6, 6.07) is 8.18. The number of primary amides is 1. The van der Waals surface area contributed by atoms with Gasteiger partial charge in [-0.1, -0.05) is 5.16 Å². The number of amidine groups is 1. The van der Waals surface area contributed by atoms with Gasteiger partial charge in [-0.25, -0.2) is 4.79 Å². The van der Waals surface area contributed by atoms with Crippen LogP contribution in [0.25, 0.3) is 0 Å². The van der Waals surface area contributed by atoms with E-state index in [1.165, 1.54) is 4.68 Å². The fraction of sp³-hybridized carbons (Fsp3) is 0.200. The number of aryl methyl sites for hydroxylation is 1. The van der Waals surface area contributed by atoms with Crippen molar-refractivity contribution in [2.24, 2.45) is 16.6 Å². The van der Waals surface area contributed by atoms with Gasteiger partial charge < -0.3 is 21.0 Å². The molecule has 1 amide bonds. The first-order valence-electron chi connectivity index (χ1n) is 6.99. The smallest absolute Gasteiger partial charge is 0.356 e. The Balaban J connectivity index is 1.91. The number of aromatic nitrogens is 2. The average Bonchev–Trinajstić information content (AvgIpc) is 2.96. The van der Waals surface area contributed by atoms with Crippen LogP contribution in [-0.4, -0.2) is 34.1 Å². The molecular weight excluding hydrogens is 314 g/mol. The summed E-state index contributed by atoms with van der Waals surface area (Å²) in [6.07, 6.45) is 1.59. The number of carbonyl (C=O) groups is 2. The van der Waals surface area contributed by atoms with Gasteiger partial charge in [-0.15, -0.1) is 0 Å². The lowest BCUT2D eigenvalue weighted by Crippen LogP contribution is -2.20. The molecule has 126 valence electrons. The molecule has 2 rings (SSSR count). The molecule has 0 bridgehead atoms. The SMILES string of the molecule is Cc1ccnn1CC(=O)O/N=C(\N)c1ccc(OCC(N)=O)cc1. The Hall–Kier alpha value is -3.36. The Morgan fingerprint density at radius 1 is 1.21 bits per heavy atom. The maximum absolute atomic E-state index is 11.7. The first kappa shape index (κ1) is 17.0. The highest BCUT2D eigenvalue weighted by atomic mass is 16.7. The molecule has 9 heteroatoms. The summed E-state index contributed by atoms with van der Waals surface area (Å²) >= 11 is 0. The van der Waals surface area contributed by atoms with Gasteiger partial charge in [0, 0.05) is 17.5 Å². The van der Waals surface area contributed by atoms with Crippen molar-refractivity contribution in [2.45, 2.75) is 13.5 Å². The van der Waals surface area contributed by atoms with Crippen molar-refractivity contribution in [3.8, 4) is 5.75 Å². The van der Waals surface area contributed by atoms with Gasteiger partial charge in [-0.2, -0.15) is 5.10 Å². The molecule has 0 saturated heterocycles. The highest BCUT2D eigenvalue weighted by Crippen LogP contribution is 2.12. The van der Waals surface area contributed by atoms with E-state index in [1.807, 2.05) is 6.92 Å². The minimum Gasteiger partial charge on any atom is -0.484 e. The summed E-state index contributed by atoms with van der Waals surface area (Å²) in [5, 5.41) is 7.57. The first-order chi connectivity index (χ1) is 11.5. The third kappa shape index (κ3) is 4.83. The predicted octanol–water partition coefficient (Wildman–Crippen LogP) is -0.0807. The van der Waals surface area contributed by atoms with Gasteiger partial charge in [0.25, 0.3) is 5.91 Å². The summed E-state index contributed by atoms with van der Waals surface area (Å²) in [6.45, 7) is 1.54. The van der Waals surface area contributed by atoms with E-state index < -0.39 is 11.9 Å². The van der Waals surface area contributed by atoms with Crippen LogP contribution in [0.5, 0.6) is 5.75 Å². The minimum atomic E-state index is -0.592. The molecule has 9 nitrogen and oxygen atoms in total. The van der Waals surface area contributed by atoms with E-state index in [1.54, 1.807) is 36.5 Å². The van der Waals surface area contributed by atoms with E-state index in [-0.39, 0.29) is 19.0 Å². The van der Waals surface area contributed by atoms with Crippen LogP contribution in [0, 0.1) is 6.92 Å². The average molecular weight is 331 g/mol.